The Kier molecular flexibility index (Phi) is 3.31. The van der Waals surface area contributed by atoms with Gasteiger partial charge < -0.3 is 25.0 Å². The minimum atomic E-state index is -1.36. The lowest BCUT2D eigenvalue weighted by Crippen LogP contribution is -2.46. The summed E-state index contributed by atoms with van der Waals surface area (Å²) in [6.45, 7) is -0.345. The molecule has 2 heterocycles. The summed E-state index contributed by atoms with van der Waals surface area (Å²) in [6, 6.07) is 8.67. The van der Waals surface area contributed by atoms with Crippen molar-refractivity contribution in [2.24, 2.45) is 0 Å². The van der Waals surface area contributed by atoms with Gasteiger partial charge in [-0.25, -0.2) is 4.98 Å². The monoisotopic (exact) mass is 276 g/mol. The van der Waals surface area contributed by atoms with Crippen molar-refractivity contribution in [1.82, 2.24) is 9.55 Å². The summed E-state index contributed by atoms with van der Waals surface area (Å²) in [5, 5.41) is 39.1. The molecule has 1 aromatic carbocycles. The molecule has 4 atom stereocenters. The number of hydrogen-bond acceptors (Lipinski definition) is 5. The standard InChI is InChI=1S/C14H16N2O4/c17-7-10-11(18)12(19)13(20)14-15-9(6-16(10)14)8-4-2-1-3-5-8/h1-6,10-13,17-20H,7H2/t10-,11-,12+,13-/m1/s1. The van der Waals surface area contributed by atoms with Crippen LogP contribution in [0.5, 0.6) is 0 Å². The van der Waals surface area contributed by atoms with Gasteiger partial charge >= 0.3 is 0 Å². The van der Waals surface area contributed by atoms with Gasteiger partial charge in [0.15, 0.2) is 0 Å². The number of aromatic nitrogens is 2. The van der Waals surface area contributed by atoms with Crippen LogP contribution in [0.1, 0.15) is 18.0 Å². The van der Waals surface area contributed by atoms with Gasteiger partial charge in [-0.3, -0.25) is 0 Å². The molecule has 0 unspecified atom stereocenters. The molecule has 2 aromatic rings. The molecule has 106 valence electrons. The summed E-state index contributed by atoms with van der Waals surface area (Å²) in [5.74, 6) is 0.251. The van der Waals surface area contributed by atoms with Gasteiger partial charge in [-0.15, -0.1) is 0 Å². The molecular formula is C14H16N2O4. The molecule has 1 aromatic heterocycles. The van der Waals surface area contributed by atoms with Gasteiger partial charge in [0.2, 0.25) is 0 Å². The third-order valence-electron chi connectivity index (χ3n) is 3.71. The number of hydrogen-bond donors (Lipinski definition) is 4. The van der Waals surface area contributed by atoms with Crippen LogP contribution in [0.2, 0.25) is 0 Å². The van der Waals surface area contributed by atoms with Gasteiger partial charge in [0.1, 0.15) is 24.1 Å². The van der Waals surface area contributed by atoms with E-state index in [1.54, 1.807) is 6.20 Å². The van der Waals surface area contributed by atoms with Crippen molar-refractivity contribution in [3.05, 3.63) is 42.4 Å². The first-order chi connectivity index (χ1) is 9.63. The van der Waals surface area contributed by atoms with E-state index in [9.17, 15) is 20.4 Å². The predicted octanol–water partition coefficient (Wildman–Crippen LogP) is -0.148. The molecule has 6 heteroatoms. The van der Waals surface area contributed by atoms with Crippen LogP contribution in [-0.2, 0) is 0 Å². The maximum absolute atomic E-state index is 10.00. The SMILES string of the molecule is OC[C@@H]1[C@@H](O)[C@H](O)[C@@H](O)c2nc(-c3ccccc3)cn21. The molecule has 0 fully saturated rings. The molecule has 3 rings (SSSR count). The van der Waals surface area contributed by atoms with E-state index in [0.29, 0.717) is 5.69 Å². The van der Waals surface area contributed by atoms with Crippen molar-refractivity contribution < 1.29 is 20.4 Å². The van der Waals surface area contributed by atoms with E-state index in [1.165, 1.54) is 4.57 Å². The first-order valence-corrected chi connectivity index (χ1v) is 6.42. The Bertz CT molecular complexity index is 598. The molecule has 0 spiro atoms. The van der Waals surface area contributed by atoms with Crippen LogP contribution in [-0.4, -0.2) is 48.8 Å². The molecule has 0 saturated carbocycles. The van der Waals surface area contributed by atoms with Gasteiger partial charge in [-0.1, -0.05) is 30.3 Å². The molecule has 0 bridgehead atoms. The van der Waals surface area contributed by atoms with Gasteiger partial charge in [0.05, 0.1) is 18.3 Å². The van der Waals surface area contributed by atoms with Crippen LogP contribution in [0.15, 0.2) is 36.5 Å². The molecule has 0 radical (unpaired) electrons. The van der Waals surface area contributed by atoms with Gasteiger partial charge in [0.25, 0.3) is 0 Å². The smallest absolute Gasteiger partial charge is 0.141 e. The van der Waals surface area contributed by atoms with Crippen molar-refractivity contribution in [2.45, 2.75) is 24.4 Å². The largest absolute Gasteiger partial charge is 0.394 e. The Hall–Kier alpha value is -1.73. The maximum atomic E-state index is 10.00. The lowest BCUT2D eigenvalue weighted by atomic mass is 9.96. The number of nitrogens with zero attached hydrogens (tertiary/aromatic N) is 2. The van der Waals surface area contributed by atoms with E-state index in [-0.39, 0.29) is 12.4 Å². The lowest BCUT2D eigenvalue weighted by molar-refractivity contribution is -0.108. The van der Waals surface area contributed by atoms with Crippen LogP contribution < -0.4 is 0 Å². The predicted molar refractivity (Wildman–Crippen MR) is 70.8 cm³/mol. The van der Waals surface area contributed by atoms with Crippen molar-refractivity contribution in [1.29, 1.82) is 0 Å². The van der Waals surface area contributed by atoms with E-state index in [1.807, 2.05) is 30.3 Å². The average molecular weight is 276 g/mol. The Morgan fingerprint density at radius 1 is 1.05 bits per heavy atom. The maximum Gasteiger partial charge on any atom is 0.141 e. The first-order valence-electron chi connectivity index (χ1n) is 6.42. The molecule has 4 N–H and O–H groups in total. The highest BCUT2D eigenvalue weighted by Gasteiger charge is 2.41. The molecular weight excluding hydrogens is 260 g/mol. The summed E-state index contributed by atoms with van der Waals surface area (Å²) in [4.78, 5) is 4.32. The highest BCUT2D eigenvalue weighted by atomic mass is 16.4. The number of fused-ring (bicyclic) bond motifs is 1. The van der Waals surface area contributed by atoms with Crippen LogP contribution in [0, 0.1) is 0 Å². The van der Waals surface area contributed by atoms with E-state index in [4.69, 9.17) is 0 Å². The zero-order valence-electron chi connectivity index (χ0n) is 10.7. The second-order valence-corrected chi connectivity index (χ2v) is 4.93. The normalized spacial score (nSPS) is 29.2. The van der Waals surface area contributed by atoms with Crippen LogP contribution in [0.3, 0.4) is 0 Å². The molecule has 1 aliphatic heterocycles. The molecule has 0 saturated heterocycles. The average Bonchev–Trinajstić information content (AvgIpc) is 2.91. The third-order valence-corrected chi connectivity index (χ3v) is 3.71. The number of aliphatic hydroxyl groups is 4. The zero-order chi connectivity index (χ0) is 14.3. The fraction of sp³-hybridized carbons (Fsp3) is 0.357. The first kappa shape index (κ1) is 13.3. The molecule has 6 nitrogen and oxygen atoms in total. The quantitative estimate of drug-likeness (QED) is 0.611. The van der Waals surface area contributed by atoms with Crippen molar-refractivity contribution >= 4 is 0 Å². The van der Waals surface area contributed by atoms with Crippen molar-refractivity contribution in [2.75, 3.05) is 6.61 Å². The summed E-state index contributed by atoms with van der Waals surface area (Å²) in [5.41, 5.74) is 1.49. The Labute approximate surface area is 115 Å². The fourth-order valence-corrected chi connectivity index (χ4v) is 2.57. The van der Waals surface area contributed by atoms with Gasteiger partial charge in [-0.05, 0) is 0 Å². The molecule has 1 aliphatic rings. The highest BCUT2D eigenvalue weighted by molar-refractivity contribution is 5.58. The second-order valence-electron chi connectivity index (χ2n) is 4.93. The molecule has 20 heavy (non-hydrogen) atoms. The minimum Gasteiger partial charge on any atom is -0.394 e. The van der Waals surface area contributed by atoms with Crippen molar-refractivity contribution in [3.63, 3.8) is 0 Å². The van der Waals surface area contributed by atoms with E-state index in [2.05, 4.69) is 4.98 Å². The number of aliphatic hydroxyl groups excluding tert-OH is 4. The van der Waals surface area contributed by atoms with Crippen LogP contribution in [0.25, 0.3) is 11.3 Å². The number of benzene rings is 1. The Balaban J connectivity index is 2.09. The van der Waals surface area contributed by atoms with Gasteiger partial charge in [-0.2, -0.15) is 0 Å². The lowest BCUT2D eigenvalue weighted by Gasteiger charge is -2.35. The van der Waals surface area contributed by atoms with Gasteiger partial charge in [0, 0.05) is 11.8 Å². The minimum absolute atomic E-state index is 0.251. The van der Waals surface area contributed by atoms with Crippen molar-refractivity contribution in [3.8, 4) is 11.3 Å². The number of imidazole rings is 1. The third kappa shape index (κ3) is 1.94. The van der Waals surface area contributed by atoms with E-state index < -0.39 is 24.4 Å². The van der Waals surface area contributed by atoms with E-state index >= 15 is 0 Å². The van der Waals surface area contributed by atoms with E-state index in [0.717, 1.165) is 5.56 Å². The number of rotatable bonds is 2. The zero-order valence-corrected chi connectivity index (χ0v) is 10.7. The topological polar surface area (TPSA) is 98.7 Å². The summed E-state index contributed by atoms with van der Waals surface area (Å²) in [7, 11) is 0. The molecule has 0 amide bonds. The fourth-order valence-electron chi connectivity index (χ4n) is 2.57. The summed E-state index contributed by atoms with van der Waals surface area (Å²) in [6.07, 6.45) is -2.19. The Morgan fingerprint density at radius 2 is 1.75 bits per heavy atom. The highest BCUT2D eigenvalue weighted by Crippen LogP contribution is 2.34. The second kappa shape index (κ2) is 4.99. The Morgan fingerprint density at radius 3 is 2.40 bits per heavy atom. The van der Waals surface area contributed by atoms with Crippen LogP contribution >= 0.6 is 0 Å². The summed E-state index contributed by atoms with van der Waals surface area (Å²) >= 11 is 0. The molecule has 0 aliphatic carbocycles. The summed E-state index contributed by atoms with van der Waals surface area (Å²) < 4.78 is 1.53. The van der Waals surface area contributed by atoms with Crippen LogP contribution in [0.4, 0.5) is 0 Å².